The van der Waals surface area contributed by atoms with Crippen molar-refractivity contribution in [2.45, 2.75) is 44.6 Å². The van der Waals surface area contributed by atoms with E-state index >= 15 is 0 Å². The van der Waals surface area contributed by atoms with Crippen LogP contribution in [0.25, 0.3) is 5.69 Å². The minimum absolute atomic E-state index is 0.0343. The van der Waals surface area contributed by atoms with Gasteiger partial charge in [-0.25, -0.2) is 0 Å². The van der Waals surface area contributed by atoms with Crippen molar-refractivity contribution in [3.05, 3.63) is 42.5 Å². The first-order chi connectivity index (χ1) is 11.8. The van der Waals surface area contributed by atoms with E-state index in [4.69, 9.17) is 0 Å². The number of nitrogens with one attached hydrogen (secondary N) is 2. The number of nitrogens with zero attached hydrogens (tertiary/aromatic N) is 3. The molecule has 1 aliphatic rings. The zero-order chi connectivity index (χ0) is 16.6. The molecule has 1 fully saturated rings. The summed E-state index contributed by atoms with van der Waals surface area (Å²) in [6.45, 7) is 1.48. The van der Waals surface area contributed by atoms with Crippen molar-refractivity contribution in [3.63, 3.8) is 0 Å². The predicted octanol–water partition coefficient (Wildman–Crippen LogP) is 2.31. The summed E-state index contributed by atoms with van der Waals surface area (Å²) in [7, 11) is 0. The van der Waals surface area contributed by atoms with Gasteiger partial charge in [0.2, 0.25) is 0 Å². The van der Waals surface area contributed by atoms with Gasteiger partial charge in [-0.2, -0.15) is 0 Å². The van der Waals surface area contributed by atoms with E-state index in [-0.39, 0.29) is 5.91 Å². The van der Waals surface area contributed by atoms with Gasteiger partial charge in [0.15, 0.2) is 0 Å². The number of aromatic nitrogens is 3. The lowest BCUT2D eigenvalue weighted by Crippen LogP contribution is -2.36. The van der Waals surface area contributed by atoms with Gasteiger partial charge >= 0.3 is 0 Å². The van der Waals surface area contributed by atoms with Crippen LogP contribution >= 0.6 is 0 Å². The molecule has 24 heavy (non-hydrogen) atoms. The number of hydrogen-bond acceptors (Lipinski definition) is 4. The van der Waals surface area contributed by atoms with E-state index in [0.29, 0.717) is 18.2 Å². The number of hydrogen-bond donors (Lipinski definition) is 2. The maximum Gasteiger partial charge on any atom is 0.251 e. The van der Waals surface area contributed by atoms with Gasteiger partial charge in [-0.15, -0.1) is 10.2 Å². The van der Waals surface area contributed by atoms with Crippen LogP contribution in [0.4, 0.5) is 0 Å². The second-order valence-electron chi connectivity index (χ2n) is 6.31. The van der Waals surface area contributed by atoms with Crippen LogP contribution in [0.1, 0.15) is 48.9 Å². The van der Waals surface area contributed by atoms with Gasteiger partial charge in [0.1, 0.15) is 12.7 Å². The molecule has 2 aromatic rings. The third-order valence-electron chi connectivity index (χ3n) is 4.55. The minimum atomic E-state index is -0.0343. The fourth-order valence-electron chi connectivity index (χ4n) is 3.16. The molecule has 0 radical (unpaired) electrons. The fraction of sp³-hybridized carbons (Fsp3) is 0.500. The van der Waals surface area contributed by atoms with Crippen LogP contribution in [0.2, 0.25) is 0 Å². The lowest BCUT2D eigenvalue weighted by molar-refractivity contribution is 0.0953. The first kappa shape index (κ1) is 16.6. The first-order valence-electron chi connectivity index (χ1n) is 8.79. The smallest absolute Gasteiger partial charge is 0.251 e. The molecule has 0 spiro atoms. The van der Waals surface area contributed by atoms with E-state index < -0.39 is 0 Å². The molecule has 0 bridgehead atoms. The molecule has 1 aromatic heterocycles. The summed E-state index contributed by atoms with van der Waals surface area (Å²) < 4.78 is 1.80. The summed E-state index contributed by atoms with van der Waals surface area (Å²) in [5.41, 5.74) is 1.60. The van der Waals surface area contributed by atoms with Crippen molar-refractivity contribution in [2.75, 3.05) is 13.1 Å². The first-order valence-corrected chi connectivity index (χ1v) is 8.79. The quantitative estimate of drug-likeness (QED) is 0.631. The van der Waals surface area contributed by atoms with E-state index in [1.807, 2.05) is 24.3 Å². The van der Waals surface area contributed by atoms with Gasteiger partial charge < -0.3 is 10.6 Å². The molecule has 1 heterocycles. The highest BCUT2D eigenvalue weighted by Gasteiger charge is 2.11. The largest absolute Gasteiger partial charge is 0.351 e. The van der Waals surface area contributed by atoms with Crippen LogP contribution in [0.5, 0.6) is 0 Å². The van der Waals surface area contributed by atoms with E-state index in [0.717, 1.165) is 12.2 Å². The molecule has 0 saturated heterocycles. The van der Waals surface area contributed by atoms with Crippen molar-refractivity contribution in [1.82, 2.24) is 25.4 Å². The molecular weight excluding hydrogens is 302 g/mol. The number of benzene rings is 1. The number of carbonyl (C=O) groups is 1. The number of amides is 1. The summed E-state index contributed by atoms with van der Waals surface area (Å²) in [5.74, 6) is -0.0343. The SMILES string of the molecule is O=C(NCCNC1CCCCCC1)c1ccc(-n2cnnc2)cc1. The van der Waals surface area contributed by atoms with Gasteiger partial charge in [0.25, 0.3) is 5.91 Å². The Morgan fingerprint density at radius 3 is 2.33 bits per heavy atom. The zero-order valence-electron chi connectivity index (χ0n) is 13.9. The van der Waals surface area contributed by atoms with Crippen molar-refractivity contribution in [1.29, 1.82) is 0 Å². The van der Waals surface area contributed by atoms with Crippen molar-refractivity contribution in [2.24, 2.45) is 0 Å². The molecular formula is C18H25N5O. The van der Waals surface area contributed by atoms with Gasteiger partial charge in [0, 0.05) is 30.4 Å². The standard InChI is InChI=1S/C18H25N5O/c24-18(20-12-11-19-16-5-3-1-2-4-6-16)15-7-9-17(10-8-15)23-13-21-22-14-23/h7-10,13-14,16,19H,1-6,11-12H2,(H,20,24). The van der Waals surface area contributed by atoms with E-state index in [1.54, 1.807) is 17.2 Å². The van der Waals surface area contributed by atoms with E-state index in [1.165, 1.54) is 38.5 Å². The van der Waals surface area contributed by atoms with Gasteiger partial charge in [-0.1, -0.05) is 25.7 Å². The zero-order valence-corrected chi connectivity index (χ0v) is 13.9. The molecule has 0 aliphatic heterocycles. The van der Waals surface area contributed by atoms with Gasteiger partial charge in [0.05, 0.1) is 0 Å². The molecule has 2 N–H and O–H groups in total. The predicted molar refractivity (Wildman–Crippen MR) is 93.2 cm³/mol. The maximum atomic E-state index is 12.2. The maximum absolute atomic E-state index is 12.2. The van der Waals surface area contributed by atoms with E-state index in [2.05, 4.69) is 20.8 Å². The third kappa shape index (κ3) is 4.64. The normalized spacial score (nSPS) is 15.8. The van der Waals surface area contributed by atoms with Crippen LogP contribution in [0.3, 0.4) is 0 Å². The van der Waals surface area contributed by atoms with Crippen LogP contribution < -0.4 is 10.6 Å². The molecule has 128 valence electrons. The Morgan fingerprint density at radius 1 is 1.00 bits per heavy atom. The average molecular weight is 327 g/mol. The Morgan fingerprint density at radius 2 is 1.67 bits per heavy atom. The Bertz CT molecular complexity index is 615. The van der Waals surface area contributed by atoms with Crippen LogP contribution in [-0.2, 0) is 0 Å². The van der Waals surface area contributed by atoms with Gasteiger partial charge in [-0.05, 0) is 37.1 Å². The molecule has 1 saturated carbocycles. The Kier molecular flexibility index (Phi) is 5.96. The Hall–Kier alpha value is -2.21. The number of carbonyl (C=O) groups excluding carboxylic acids is 1. The highest BCUT2D eigenvalue weighted by atomic mass is 16.1. The molecule has 6 heteroatoms. The average Bonchev–Trinajstić information content (AvgIpc) is 3.03. The summed E-state index contributed by atoms with van der Waals surface area (Å²) in [6, 6.07) is 8.05. The van der Waals surface area contributed by atoms with Crippen LogP contribution in [-0.4, -0.2) is 39.8 Å². The highest BCUT2D eigenvalue weighted by Crippen LogP contribution is 2.16. The topological polar surface area (TPSA) is 71.8 Å². The monoisotopic (exact) mass is 327 g/mol. The number of rotatable bonds is 6. The van der Waals surface area contributed by atoms with Crippen molar-refractivity contribution >= 4 is 5.91 Å². The third-order valence-corrected chi connectivity index (χ3v) is 4.55. The lowest BCUT2D eigenvalue weighted by atomic mass is 10.1. The second-order valence-corrected chi connectivity index (χ2v) is 6.31. The second kappa shape index (κ2) is 8.59. The summed E-state index contributed by atoms with van der Waals surface area (Å²) >= 11 is 0. The lowest BCUT2D eigenvalue weighted by Gasteiger charge is -2.16. The highest BCUT2D eigenvalue weighted by molar-refractivity contribution is 5.94. The molecule has 1 aliphatic carbocycles. The van der Waals surface area contributed by atoms with Gasteiger partial charge in [-0.3, -0.25) is 9.36 Å². The fourth-order valence-corrected chi connectivity index (χ4v) is 3.16. The van der Waals surface area contributed by atoms with Crippen molar-refractivity contribution in [3.8, 4) is 5.69 Å². The summed E-state index contributed by atoms with van der Waals surface area (Å²) in [4.78, 5) is 12.2. The molecule has 6 nitrogen and oxygen atoms in total. The minimum Gasteiger partial charge on any atom is -0.351 e. The summed E-state index contributed by atoms with van der Waals surface area (Å²) in [6.07, 6.45) is 11.2. The van der Waals surface area contributed by atoms with Crippen molar-refractivity contribution < 1.29 is 4.79 Å². The van der Waals surface area contributed by atoms with E-state index in [9.17, 15) is 4.79 Å². The van der Waals surface area contributed by atoms with Crippen LogP contribution in [0, 0.1) is 0 Å². The van der Waals surface area contributed by atoms with Crippen LogP contribution in [0.15, 0.2) is 36.9 Å². The molecule has 0 unspecified atom stereocenters. The Balaban J connectivity index is 1.41. The Labute approximate surface area is 142 Å². The summed E-state index contributed by atoms with van der Waals surface area (Å²) in [5, 5.41) is 14.1. The molecule has 1 aromatic carbocycles. The molecule has 3 rings (SSSR count). The molecule has 1 amide bonds. The molecule has 0 atom stereocenters.